The zero-order valence-corrected chi connectivity index (χ0v) is 11.1. The van der Waals surface area contributed by atoms with Gasteiger partial charge in [0, 0.05) is 12.6 Å². The van der Waals surface area contributed by atoms with Crippen molar-refractivity contribution in [2.24, 2.45) is 11.7 Å². The van der Waals surface area contributed by atoms with Crippen molar-refractivity contribution in [3.8, 4) is 0 Å². The molecule has 5 nitrogen and oxygen atoms in total. The normalized spacial score (nSPS) is 20.9. The Morgan fingerprint density at radius 3 is 2.80 bits per heavy atom. The van der Waals surface area contributed by atoms with E-state index in [9.17, 15) is 9.59 Å². The standard InChI is InChI=1S/C15H18N2O3/c16-13-5-4-11(9-13)14(18)17-7-6-10-2-1-3-12(8-10)15(19)20/h1-5,8,11,13H,6-7,9,16H2,(H,17,18)(H,19,20). The molecule has 2 atom stereocenters. The summed E-state index contributed by atoms with van der Waals surface area (Å²) in [5.41, 5.74) is 6.86. The molecule has 0 fully saturated rings. The minimum Gasteiger partial charge on any atom is -0.478 e. The van der Waals surface area contributed by atoms with E-state index in [0.29, 0.717) is 19.4 Å². The number of carboxylic acids is 1. The summed E-state index contributed by atoms with van der Waals surface area (Å²) >= 11 is 0. The Balaban J connectivity index is 1.81. The number of amides is 1. The second-order valence-corrected chi connectivity index (χ2v) is 4.94. The number of nitrogens with two attached hydrogens (primary N) is 1. The molecule has 0 aromatic heterocycles. The summed E-state index contributed by atoms with van der Waals surface area (Å²) < 4.78 is 0. The lowest BCUT2D eigenvalue weighted by Crippen LogP contribution is -2.32. The molecular formula is C15H18N2O3. The highest BCUT2D eigenvalue weighted by molar-refractivity contribution is 5.87. The first-order chi connectivity index (χ1) is 9.56. The summed E-state index contributed by atoms with van der Waals surface area (Å²) in [4.78, 5) is 22.7. The fourth-order valence-electron chi connectivity index (χ4n) is 2.24. The maximum absolute atomic E-state index is 11.8. The van der Waals surface area contributed by atoms with E-state index >= 15 is 0 Å². The quantitative estimate of drug-likeness (QED) is 0.697. The van der Waals surface area contributed by atoms with Gasteiger partial charge < -0.3 is 16.2 Å². The molecule has 106 valence electrons. The third kappa shape index (κ3) is 3.68. The molecular weight excluding hydrogens is 256 g/mol. The molecule has 0 bridgehead atoms. The zero-order chi connectivity index (χ0) is 14.5. The van der Waals surface area contributed by atoms with E-state index in [1.165, 1.54) is 0 Å². The van der Waals surface area contributed by atoms with Crippen LogP contribution >= 0.6 is 0 Å². The van der Waals surface area contributed by atoms with Gasteiger partial charge in [-0.1, -0.05) is 24.3 Å². The summed E-state index contributed by atoms with van der Waals surface area (Å²) in [6, 6.07) is 6.70. The lowest BCUT2D eigenvalue weighted by molar-refractivity contribution is -0.123. The highest BCUT2D eigenvalue weighted by Crippen LogP contribution is 2.16. The molecule has 0 heterocycles. The molecule has 1 aliphatic rings. The van der Waals surface area contributed by atoms with E-state index in [1.54, 1.807) is 18.2 Å². The molecule has 5 heteroatoms. The van der Waals surface area contributed by atoms with Gasteiger partial charge in [-0.15, -0.1) is 0 Å². The van der Waals surface area contributed by atoms with Crippen molar-refractivity contribution in [2.75, 3.05) is 6.54 Å². The number of carbonyl (C=O) groups is 2. The fraction of sp³-hybridized carbons (Fsp3) is 0.333. The Hall–Kier alpha value is -2.14. The number of carboxylic acid groups (broad SMARTS) is 1. The Labute approximate surface area is 117 Å². The Morgan fingerprint density at radius 1 is 1.35 bits per heavy atom. The monoisotopic (exact) mass is 274 g/mol. The summed E-state index contributed by atoms with van der Waals surface area (Å²) in [7, 11) is 0. The lowest BCUT2D eigenvalue weighted by Gasteiger charge is -2.10. The summed E-state index contributed by atoms with van der Waals surface area (Å²) in [5, 5.41) is 11.8. The average molecular weight is 274 g/mol. The molecule has 1 aromatic carbocycles. The van der Waals surface area contributed by atoms with Crippen molar-refractivity contribution in [3.63, 3.8) is 0 Å². The van der Waals surface area contributed by atoms with E-state index in [4.69, 9.17) is 10.8 Å². The summed E-state index contributed by atoms with van der Waals surface area (Å²) in [6.45, 7) is 0.488. The van der Waals surface area contributed by atoms with Crippen LogP contribution in [-0.4, -0.2) is 29.6 Å². The third-order valence-corrected chi connectivity index (χ3v) is 3.34. The van der Waals surface area contributed by atoms with Gasteiger partial charge in [0.2, 0.25) is 5.91 Å². The minimum absolute atomic E-state index is 0.0245. The molecule has 0 saturated heterocycles. The smallest absolute Gasteiger partial charge is 0.335 e. The third-order valence-electron chi connectivity index (χ3n) is 3.34. The van der Waals surface area contributed by atoms with Gasteiger partial charge in [0.05, 0.1) is 11.5 Å². The van der Waals surface area contributed by atoms with E-state index in [0.717, 1.165) is 5.56 Å². The van der Waals surface area contributed by atoms with Crippen LogP contribution in [0.15, 0.2) is 36.4 Å². The van der Waals surface area contributed by atoms with Crippen molar-refractivity contribution >= 4 is 11.9 Å². The van der Waals surface area contributed by atoms with Crippen molar-refractivity contribution in [1.82, 2.24) is 5.32 Å². The first-order valence-electron chi connectivity index (χ1n) is 6.60. The van der Waals surface area contributed by atoms with Crippen molar-refractivity contribution < 1.29 is 14.7 Å². The van der Waals surface area contributed by atoms with Gasteiger partial charge >= 0.3 is 5.97 Å². The van der Waals surface area contributed by atoms with Gasteiger partial charge in [0.15, 0.2) is 0 Å². The number of hydrogen-bond donors (Lipinski definition) is 3. The highest BCUT2D eigenvalue weighted by atomic mass is 16.4. The first-order valence-corrected chi connectivity index (χ1v) is 6.60. The molecule has 0 radical (unpaired) electrons. The van der Waals surface area contributed by atoms with Gasteiger partial charge in [-0.05, 0) is 30.5 Å². The SMILES string of the molecule is NC1C=CC(C(=O)NCCc2cccc(C(=O)O)c2)C1. The summed E-state index contributed by atoms with van der Waals surface area (Å²) in [5.74, 6) is -1.11. The van der Waals surface area contributed by atoms with Crippen LogP contribution < -0.4 is 11.1 Å². The molecule has 2 rings (SSSR count). The van der Waals surface area contributed by atoms with E-state index in [1.807, 2.05) is 18.2 Å². The first kappa shape index (κ1) is 14.3. The van der Waals surface area contributed by atoms with Crippen LogP contribution in [0.25, 0.3) is 0 Å². The number of carbonyl (C=O) groups excluding carboxylic acids is 1. The highest BCUT2D eigenvalue weighted by Gasteiger charge is 2.22. The zero-order valence-electron chi connectivity index (χ0n) is 11.1. The Kier molecular flexibility index (Phi) is 4.53. The summed E-state index contributed by atoms with van der Waals surface area (Å²) in [6.07, 6.45) is 4.95. The van der Waals surface area contributed by atoms with Crippen LogP contribution in [0.3, 0.4) is 0 Å². The van der Waals surface area contributed by atoms with Gasteiger partial charge in [-0.25, -0.2) is 4.79 Å². The van der Waals surface area contributed by atoms with Crippen LogP contribution in [0.2, 0.25) is 0 Å². The minimum atomic E-state index is -0.944. The van der Waals surface area contributed by atoms with Gasteiger partial charge in [0.25, 0.3) is 0 Å². The Morgan fingerprint density at radius 2 is 2.15 bits per heavy atom. The largest absolute Gasteiger partial charge is 0.478 e. The van der Waals surface area contributed by atoms with Crippen LogP contribution in [0.1, 0.15) is 22.3 Å². The molecule has 4 N–H and O–H groups in total. The van der Waals surface area contributed by atoms with Gasteiger partial charge in [0.1, 0.15) is 0 Å². The number of hydrogen-bond acceptors (Lipinski definition) is 3. The van der Waals surface area contributed by atoms with Crippen LogP contribution in [0, 0.1) is 5.92 Å². The molecule has 0 spiro atoms. The molecule has 1 aromatic rings. The molecule has 20 heavy (non-hydrogen) atoms. The Bertz CT molecular complexity index is 540. The predicted molar refractivity (Wildman–Crippen MR) is 75.3 cm³/mol. The van der Waals surface area contributed by atoms with Gasteiger partial charge in [-0.3, -0.25) is 4.79 Å². The van der Waals surface area contributed by atoms with E-state index in [2.05, 4.69) is 5.32 Å². The van der Waals surface area contributed by atoms with Crippen LogP contribution in [0.4, 0.5) is 0 Å². The van der Waals surface area contributed by atoms with E-state index in [-0.39, 0.29) is 23.4 Å². The number of nitrogens with one attached hydrogen (secondary N) is 1. The van der Waals surface area contributed by atoms with Crippen LogP contribution in [-0.2, 0) is 11.2 Å². The molecule has 0 aliphatic heterocycles. The number of rotatable bonds is 5. The molecule has 2 unspecified atom stereocenters. The number of aromatic carboxylic acids is 1. The lowest BCUT2D eigenvalue weighted by atomic mass is 10.1. The molecule has 1 amide bonds. The molecule has 1 aliphatic carbocycles. The maximum Gasteiger partial charge on any atom is 0.335 e. The van der Waals surface area contributed by atoms with Crippen LogP contribution in [0.5, 0.6) is 0 Å². The fourth-order valence-corrected chi connectivity index (χ4v) is 2.24. The van der Waals surface area contributed by atoms with Crippen molar-refractivity contribution in [3.05, 3.63) is 47.5 Å². The predicted octanol–water partition coefficient (Wildman–Crippen LogP) is 0.947. The van der Waals surface area contributed by atoms with Gasteiger partial charge in [-0.2, -0.15) is 0 Å². The molecule has 0 saturated carbocycles. The van der Waals surface area contributed by atoms with Crippen molar-refractivity contribution in [1.29, 1.82) is 0 Å². The maximum atomic E-state index is 11.8. The average Bonchev–Trinajstić information content (AvgIpc) is 2.86. The number of benzene rings is 1. The van der Waals surface area contributed by atoms with Crippen molar-refractivity contribution in [2.45, 2.75) is 18.9 Å². The topological polar surface area (TPSA) is 92.4 Å². The second kappa shape index (κ2) is 6.34. The van der Waals surface area contributed by atoms with E-state index < -0.39 is 5.97 Å². The second-order valence-electron chi connectivity index (χ2n) is 4.94.